The molecule has 2 rings (SSSR count). The summed E-state index contributed by atoms with van der Waals surface area (Å²) >= 11 is 0. The summed E-state index contributed by atoms with van der Waals surface area (Å²) in [5.41, 5.74) is 8.95. The predicted octanol–water partition coefficient (Wildman–Crippen LogP) is 0.957. The Morgan fingerprint density at radius 1 is 1.41 bits per heavy atom. The van der Waals surface area contributed by atoms with Crippen molar-refractivity contribution in [2.45, 2.75) is 33.4 Å². The molecule has 0 radical (unpaired) electrons. The normalized spacial score (nSPS) is 11.0. The van der Waals surface area contributed by atoms with Crippen LogP contribution in [-0.4, -0.2) is 26.1 Å². The SMILES string of the molecule is CCn1nc(C)cc1Cn1cc(CCN)cn1. The zero-order valence-corrected chi connectivity index (χ0v) is 10.4. The van der Waals surface area contributed by atoms with Gasteiger partial charge in [-0.25, -0.2) is 0 Å². The van der Waals surface area contributed by atoms with E-state index in [9.17, 15) is 0 Å². The zero-order valence-electron chi connectivity index (χ0n) is 10.4. The topological polar surface area (TPSA) is 61.7 Å². The summed E-state index contributed by atoms with van der Waals surface area (Å²) in [4.78, 5) is 0. The third kappa shape index (κ3) is 2.74. The van der Waals surface area contributed by atoms with Crippen LogP contribution in [0, 0.1) is 6.92 Å². The molecule has 17 heavy (non-hydrogen) atoms. The number of aromatic nitrogens is 4. The molecule has 2 aromatic heterocycles. The van der Waals surface area contributed by atoms with Gasteiger partial charge in [-0.15, -0.1) is 0 Å². The van der Waals surface area contributed by atoms with E-state index in [2.05, 4.69) is 29.4 Å². The molecule has 5 nitrogen and oxygen atoms in total. The van der Waals surface area contributed by atoms with Gasteiger partial charge in [0.1, 0.15) is 0 Å². The number of aryl methyl sites for hydroxylation is 2. The van der Waals surface area contributed by atoms with E-state index in [0.29, 0.717) is 6.54 Å². The second-order valence-corrected chi connectivity index (χ2v) is 4.18. The summed E-state index contributed by atoms with van der Waals surface area (Å²) < 4.78 is 3.95. The van der Waals surface area contributed by atoms with Crippen LogP contribution in [0.4, 0.5) is 0 Å². The lowest BCUT2D eigenvalue weighted by Gasteiger charge is -2.04. The minimum atomic E-state index is 0.664. The maximum absolute atomic E-state index is 5.52. The molecule has 5 heteroatoms. The van der Waals surface area contributed by atoms with Gasteiger partial charge < -0.3 is 5.73 Å². The van der Waals surface area contributed by atoms with E-state index in [1.807, 2.05) is 22.5 Å². The van der Waals surface area contributed by atoms with Crippen LogP contribution in [0.1, 0.15) is 23.9 Å². The molecule has 92 valence electrons. The minimum Gasteiger partial charge on any atom is -0.330 e. The molecule has 0 atom stereocenters. The molecule has 2 heterocycles. The average molecular weight is 233 g/mol. The van der Waals surface area contributed by atoms with Crippen LogP contribution in [-0.2, 0) is 19.5 Å². The number of hydrogen-bond acceptors (Lipinski definition) is 3. The second-order valence-electron chi connectivity index (χ2n) is 4.18. The van der Waals surface area contributed by atoms with Crippen molar-refractivity contribution in [3.63, 3.8) is 0 Å². The maximum Gasteiger partial charge on any atom is 0.0828 e. The first kappa shape index (κ1) is 11.9. The molecule has 2 N–H and O–H groups in total. The third-order valence-electron chi connectivity index (χ3n) is 2.73. The fourth-order valence-corrected chi connectivity index (χ4v) is 1.95. The quantitative estimate of drug-likeness (QED) is 0.836. The van der Waals surface area contributed by atoms with Gasteiger partial charge in [-0.3, -0.25) is 9.36 Å². The van der Waals surface area contributed by atoms with Crippen molar-refractivity contribution in [3.8, 4) is 0 Å². The first-order valence-corrected chi connectivity index (χ1v) is 5.97. The number of nitrogens with two attached hydrogens (primary N) is 1. The van der Waals surface area contributed by atoms with Gasteiger partial charge in [-0.05, 0) is 38.4 Å². The first-order valence-electron chi connectivity index (χ1n) is 5.97. The lowest BCUT2D eigenvalue weighted by atomic mass is 10.3. The van der Waals surface area contributed by atoms with Crippen molar-refractivity contribution in [2.24, 2.45) is 5.73 Å². The van der Waals surface area contributed by atoms with Crippen molar-refractivity contribution in [1.82, 2.24) is 19.6 Å². The highest BCUT2D eigenvalue weighted by Gasteiger charge is 2.05. The summed E-state index contributed by atoms with van der Waals surface area (Å²) in [6.07, 6.45) is 4.81. The van der Waals surface area contributed by atoms with Crippen LogP contribution in [0.3, 0.4) is 0 Å². The lowest BCUT2D eigenvalue weighted by Crippen LogP contribution is -2.08. The molecule has 2 aromatic rings. The van der Waals surface area contributed by atoms with Gasteiger partial charge in [0.15, 0.2) is 0 Å². The van der Waals surface area contributed by atoms with Gasteiger partial charge in [0.05, 0.1) is 24.1 Å². The molecule has 0 aliphatic rings. The average Bonchev–Trinajstić information content (AvgIpc) is 2.87. The Morgan fingerprint density at radius 2 is 2.24 bits per heavy atom. The molecule has 0 aliphatic heterocycles. The molecule has 0 unspecified atom stereocenters. The minimum absolute atomic E-state index is 0.664. The molecule has 0 amide bonds. The summed E-state index contributed by atoms with van der Waals surface area (Å²) in [7, 11) is 0. The highest BCUT2D eigenvalue weighted by atomic mass is 15.3. The van der Waals surface area contributed by atoms with Gasteiger partial charge in [0.25, 0.3) is 0 Å². The second kappa shape index (κ2) is 5.14. The highest BCUT2D eigenvalue weighted by Crippen LogP contribution is 2.07. The van der Waals surface area contributed by atoms with Gasteiger partial charge in [0.2, 0.25) is 0 Å². The molecule has 0 saturated carbocycles. The van der Waals surface area contributed by atoms with E-state index < -0.39 is 0 Å². The van der Waals surface area contributed by atoms with Crippen LogP contribution in [0.25, 0.3) is 0 Å². The molecule has 0 fully saturated rings. The van der Waals surface area contributed by atoms with Gasteiger partial charge >= 0.3 is 0 Å². The molecule has 0 spiro atoms. The van der Waals surface area contributed by atoms with Crippen LogP contribution >= 0.6 is 0 Å². The summed E-state index contributed by atoms with van der Waals surface area (Å²) in [6.45, 7) is 6.43. The summed E-state index contributed by atoms with van der Waals surface area (Å²) in [5.74, 6) is 0. The van der Waals surface area contributed by atoms with E-state index in [0.717, 1.165) is 25.2 Å². The van der Waals surface area contributed by atoms with Gasteiger partial charge in [-0.2, -0.15) is 10.2 Å². The Labute approximate surface area is 101 Å². The van der Waals surface area contributed by atoms with Gasteiger partial charge in [0, 0.05) is 12.7 Å². The number of hydrogen-bond donors (Lipinski definition) is 1. The number of nitrogens with zero attached hydrogens (tertiary/aromatic N) is 4. The monoisotopic (exact) mass is 233 g/mol. The predicted molar refractivity (Wildman–Crippen MR) is 66.7 cm³/mol. The third-order valence-corrected chi connectivity index (χ3v) is 2.73. The van der Waals surface area contributed by atoms with Gasteiger partial charge in [-0.1, -0.05) is 0 Å². The molecule has 0 saturated heterocycles. The van der Waals surface area contributed by atoms with Crippen LogP contribution in [0.2, 0.25) is 0 Å². The zero-order chi connectivity index (χ0) is 12.3. The maximum atomic E-state index is 5.52. The first-order chi connectivity index (χ1) is 8.22. The van der Waals surface area contributed by atoms with Crippen molar-refractivity contribution < 1.29 is 0 Å². The molecular weight excluding hydrogens is 214 g/mol. The molecule has 0 aliphatic carbocycles. The Hall–Kier alpha value is -1.62. The Kier molecular flexibility index (Phi) is 3.58. The van der Waals surface area contributed by atoms with Crippen molar-refractivity contribution in [3.05, 3.63) is 35.4 Å². The van der Waals surface area contributed by atoms with E-state index in [4.69, 9.17) is 5.73 Å². The van der Waals surface area contributed by atoms with E-state index in [1.54, 1.807) is 0 Å². The Bertz CT molecular complexity index is 483. The molecule has 0 bridgehead atoms. The Balaban J connectivity index is 2.13. The summed E-state index contributed by atoms with van der Waals surface area (Å²) in [6, 6.07) is 2.10. The lowest BCUT2D eigenvalue weighted by molar-refractivity contribution is 0.575. The fourth-order valence-electron chi connectivity index (χ4n) is 1.95. The molecular formula is C12H19N5. The largest absolute Gasteiger partial charge is 0.330 e. The van der Waals surface area contributed by atoms with E-state index >= 15 is 0 Å². The van der Waals surface area contributed by atoms with Crippen molar-refractivity contribution >= 4 is 0 Å². The Morgan fingerprint density at radius 3 is 2.94 bits per heavy atom. The standard InChI is InChI=1S/C12H19N5/c1-3-17-12(6-10(2)15-17)9-16-8-11(4-5-13)7-14-16/h6-8H,3-5,9,13H2,1-2H3. The van der Waals surface area contributed by atoms with Crippen molar-refractivity contribution in [2.75, 3.05) is 6.54 Å². The van der Waals surface area contributed by atoms with Crippen LogP contribution < -0.4 is 5.73 Å². The number of rotatable bonds is 5. The van der Waals surface area contributed by atoms with Crippen molar-refractivity contribution in [1.29, 1.82) is 0 Å². The van der Waals surface area contributed by atoms with E-state index in [-0.39, 0.29) is 0 Å². The van der Waals surface area contributed by atoms with E-state index in [1.165, 1.54) is 11.3 Å². The van der Waals surface area contributed by atoms with Crippen LogP contribution in [0.5, 0.6) is 0 Å². The summed E-state index contributed by atoms with van der Waals surface area (Å²) in [5, 5.41) is 8.76. The fraction of sp³-hybridized carbons (Fsp3) is 0.500. The smallest absolute Gasteiger partial charge is 0.0828 e. The van der Waals surface area contributed by atoms with Crippen LogP contribution in [0.15, 0.2) is 18.5 Å². The molecule has 0 aromatic carbocycles. The highest BCUT2D eigenvalue weighted by molar-refractivity contribution is 5.11.